The zero-order valence-electron chi connectivity index (χ0n) is 37.8. The van der Waals surface area contributed by atoms with Crippen molar-refractivity contribution in [3.63, 3.8) is 0 Å². The molecule has 8 rings (SSSR count). The molecule has 6 amide bonds. The fourth-order valence-corrected chi connectivity index (χ4v) is 7.64. The Bertz CT molecular complexity index is 2720. The van der Waals surface area contributed by atoms with Crippen LogP contribution in [0, 0.1) is 0 Å². The number of rotatable bonds is 9. The van der Waals surface area contributed by atoms with Crippen LogP contribution in [0.1, 0.15) is 83.0 Å². The Balaban J connectivity index is 0.926. The Morgan fingerprint density at radius 2 is 0.712 bits per heavy atom. The normalized spacial score (nSPS) is 13.3. The average molecular weight is 885 g/mol. The molecule has 0 spiro atoms. The summed E-state index contributed by atoms with van der Waals surface area (Å²) < 4.78 is 10.7. The molecule has 2 N–H and O–H groups in total. The van der Waals surface area contributed by atoms with E-state index in [1.54, 1.807) is 126 Å². The molecule has 0 unspecified atom stereocenters. The van der Waals surface area contributed by atoms with Gasteiger partial charge in [-0.3, -0.25) is 29.8 Å². The maximum absolute atomic E-state index is 13.9. The molecule has 2 aliphatic heterocycles. The van der Waals surface area contributed by atoms with Crippen LogP contribution in [0.2, 0.25) is 0 Å². The van der Waals surface area contributed by atoms with Gasteiger partial charge < -0.3 is 19.3 Å². The molecule has 6 aromatic rings. The molecule has 0 saturated carbocycles. The predicted octanol–water partition coefficient (Wildman–Crippen LogP) is 11.2. The van der Waals surface area contributed by atoms with Gasteiger partial charge in [0.05, 0.1) is 33.6 Å². The zero-order chi connectivity index (χ0) is 47.2. The number of hydrogen-bond donors (Lipinski definition) is 2. The second-order valence-electron chi connectivity index (χ2n) is 17.9. The van der Waals surface area contributed by atoms with E-state index >= 15 is 0 Å². The molecular weight excluding hydrogens is 837 g/mol. The van der Waals surface area contributed by atoms with Crippen LogP contribution in [0.15, 0.2) is 133 Å². The van der Waals surface area contributed by atoms with Gasteiger partial charge in [-0.2, -0.15) is 0 Å². The lowest BCUT2D eigenvalue weighted by Crippen LogP contribution is -2.29. The van der Waals surface area contributed by atoms with Crippen LogP contribution in [0.4, 0.5) is 55.1 Å². The van der Waals surface area contributed by atoms with Crippen molar-refractivity contribution in [2.24, 2.45) is 0 Å². The lowest BCUT2D eigenvalue weighted by Gasteiger charge is -2.22. The largest absolute Gasteiger partial charge is 0.444 e. The van der Waals surface area contributed by atoms with Gasteiger partial charge in [0.1, 0.15) is 11.2 Å². The highest BCUT2D eigenvalue weighted by molar-refractivity contribution is 6.35. The van der Waals surface area contributed by atoms with E-state index in [9.17, 15) is 28.8 Å². The van der Waals surface area contributed by atoms with Crippen molar-refractivity contribution in [1.82, 2.24) is 0 Å². The molecule has 66 heavy (non-hydrogen) atoms. The van der Waals surface area contributed by atoms with Crippen LogP contribution in [-0.2, 0) is 9.47 Å². The maximum atomic E-state index is 13.9. The van der Waals surface area contributed by atoms with Gasteiger partial charge in [0.15, 0.2) is 0 Å². The number of nitrogens with zero attached hydrogens (tertiary/aromatic N) is 4. The van der Waals surface area contributed by atoms with Gasteiger partial charge in [0.25, 0.3) is 23.6 Å². The molecule has 0 bridgehead atoms. The van der Waals surface area contributed by atoms with Gasteiger partial charge in [0, 0.05) is 48.2 Å². The summed E-state index contributed by atoms with van der Waals surface area (Å²) in [5.74, 6) is -1.87. The van der Waals surface area contributed by atoms with E-state index in [0.29, 0.717) is 33.9 Å². The Labute approximate surface area is 382 Å². The van der Waals surface area contributed by atoms with Crippen molar-refractivity contribution in [2.45, 2.75) is 52.7 Å². The maximum Gasteiger partial charge on any atom is 0.412 e. The van der Waals surface area contributed by atoms with Gasteiger partial charge in [0.2, 0.25) is 0 Å². The number of amides is 6. The molecular formula is C52H48N6O8. The summed E-state index contributed by atoms with van der Waals surface area (Å²) in [6.07, 6.45) is -1.09. The number of fused-ring (bicyclic) bond motifs is 2. The Hall–Kier alpha value is -8.26. The van der Waals surface area contributed by atoms with Gasteiger partial charge in [-0.25, -0.2) is 19.4 Å². The van der Waals surface area contributed by atoms with Crippen molar-refractivity contribution in [3.05, 3.63) is 156 Å². The monoisotopic (exact) mass is 884 g/mol. The van der Waals surface area contributed by atoms with Gasteiger partial charge in [-0.1, -0.05) is 12.1 Å². The third-order valence-corrected chi connectivity index (χ3v) is 10.9. The smallest absolute Gasteiger partial charge is 0.412 e. The number of anilines is 8. The summed E-state index contributed by atoms with van der Waals surface area (Å²) in [4.78, 5) is 85.5. The fraction of sp³-hybridized carbons (Fsp3) is 0.192. The van der Waals surface area contributed by atoms with E-state index in [4.69, 9.17) is 9.47 Å². The second-order valence-corrected chi connectivity index (χ2v) is 17.9. The molecule has 6 aromatic carbocycles. The molecule has 0 atom stereocenters. The number of hydrogen-bond acceptors (Lipinski definition) is 10. The lowest BCUT2D eigenvalue weighted by atomic mass is 9.97. The highest BCUT2D eigenvalue weighted by Gasteiger charge is 2.39. The van der Waals surface area contributed by atoms with E-state index in [2.05, 4.69) is 10.6 Å². The number of ether oxygens (including phenoxy) is 2. The lowest BCUT2D eigenvalue weighted by molar-refractivity contribution is 0.0624. The van der Waals surface area contributed by atoms with Crippen LogP contribution in [-0.4, -0.2) is 61.1 Å². The third kappa shape index (κ3) is 9.06. The van der Waals surface area contributed by atoms with E-state index in [1.165, 1.54) is 0 Å². The Kier molecular flexibility index (Phi) is 11.4. The van der Waals surface area contributed by atoms with Crippen LogP contribution < -0.4 is 30.2 Å². The first kappa shape index (κ1) is 44.4. The van der Waals surface area contributed by atoms with E-state index in [1.807, 2.05) is 72.4 Å². The number of carbonyl (C=O) groups excluding carboxylic acids is 6. The van der Waals surface area contributed by atoms with Crippen LogP contribution >= 0.6 is 0 Å². The predicted molar refractivity (Wildman–Crippen MR) is 256 cm³/mol. The molecule has 0 aliphatic carbocycles. The van der Waals surface area contributed by atoms with Crippen LogP contribution in [0.3, 0.4) is 0 Å². The highest BCUT2D eigenvalue weighted by atomic mass is 16.6. The van der Waals surface area contributed by atoms with Crippen LogP contribution in [0.25, 0.3) is 11.1 Å². The van der Waals surface area contributed by atoms with Crippen molar-refractivity contribution in [3.8, 4) is 11.1 Å². The summed E-state index contributed by atoms with van der Waals surface area (Å²) in [6.45, 7) is 10.8. The minimum atomic E-state index is -0.619. The van der Waals surface area contributed by atoms with E-state index in [-0.39, 0.29) is 22.3 Å². The summed E-state index contributed by atoms with van der Waals surface area (Å²) in [5.41, 5.74) is 6.17. The molecule has 14 nitrogen and oxygen atoms in total. The molecule has 14 heteroatoms. The van der Waals surface area contributed by atoms with Crippen molar-refractivity contribution in [1.29, 1.82) is 0 Å². The van der Waals surface area contributed by atoms with Crippen LogP contribution in [0.5, 0.6) is 0 Å². The number of nitrogens with one attached hydrogen (secondary N) is 2. The van der Waals surface area contributed by atoms with Gasteiger partial charge >= 0.3 is 12.2 Å². The molecule has 0 saturated heterocycles. The summed E-state index contributed by atoms with van der Waals surface area (Å²) >= 11 is 0. The number of benzene rings is 6. The second kappa shape index (κ2) is 17.0. The zero-order valence-corrected chi connectivity index (χ0v) is 37.8. The topological polar surface area (TPSA) is 158 Å². The minimum Gasteiger partial charge on any atom is -0.444 e. The summed E-state index contributed by atoms with van der Waals surface area (Å²) in [7, 11) is 3.76. The number of imide groups is 2. The van der Waals surface area contributed by atoms with E-state index < -0.39 is 47.0 Å². The molecule has 2 heterocycles. The average Bonchev–Trinajstić information content (AvgIpc) is 3.67. The molecule has 0 aromatic heterocycles. The SMILES string of the molecule is CN(c1ccc(NC(=O)OC(C)(C)C)cc1)c1ccc(N2C(=O)c3ccc(-c4ccc5c(c4)C(=O)N(c4ccc(N(C)c6ccc(NC(=O)OC(C)(C)C)cc6)cc4)C5=O)cc3C2=O)cc1. The first-order valence-electron chi connectivity index (χ1n) is 21.2. The quantitative estimate of drug-likeness (QED) is 0.134. The van der Waals surface area contributed by atoms with Crippen molar-refractivity contribution >= 4 is 81.3 Å². The van der Waals surface area contributed by atoms with Crippen molar-refractivity contribution in [2.75, 3.05) is 44.3 Å². The first-order chi connectivity index (χ1) is 31.2. The number of carbonyl (C=O) groups is 6. The van der Waals surface area contributed by atoms with Gasteiger partial charge in [-0.15, -0.1) is 0 Å². The van der Waals surface area contributed by atoms with Crippen molar-refractivity contribution < 1.29 is 38.2 Å². The molecule has 0 radical (unpaired) electrons. The standard InChI is InChI=1S/C52H48N6O8/c1-51(2,3)65-49(63)53-33-11-15-35(16-12-33)55(7)37-19-23-39(24-20-37)57-45(59)41-27-9-31(29-43(41)47(57)61)32-10-28-42-44(30-32)48(62)58(46(42)60)40-25-21-38(22-26-40)56(8)36-17-13-34(14-18-36)54-50(64)66-52(4,5)6/h9-30H,1-8H3,(H,53,63)(H,54,64). The summed E-state index contributed by atoms with van der Waals surface area (Å²) in [6, 6.07) is 38.5. The van der Waals surface area contributed by atoms with E-state index in [0.717, 1.165) is 32.5 Å². The third-order valence-electron chi connectivity index (χ3n) is 10.9. The first-order valence-corrected chi connectivity index (χ1v) is 21.2. The Morgan fingerprint density at radius 1 is 0.424 bits per heavy atom. The molecule has 2 aliphatic rings. The Morgan fingerprint density at radius 3 is 1.02 bits per heavy atom. The van der Waals surface area contributed by atoms with Gasteiger partial charge in [-0.05, 0) is 174 Å². The molecule has 0 fully saturated rings. The highest BCUT2D eigenvalue weighted by Crippen LogP contribution is 2.37. The minimum absolute atomic E-state index is 0.224. The summed E-state index contributed by atoms with van der Waals surface area (Å²) in [5, 5.41) is 5.44. The molecule has 334 valence electrons. The fourth-order valence-electron chi connectivity index (χ4n) is 7.64.